The van der Waals surface area contributed by atoms with Crippen LogP contribution < -0.4 is 4.90 Å². The van der Waals surface area contributed by atoms with Crippen molar-refractivity contribution in [3.8, 4) is 66.8 Å². The summed E-state index contributed by atoms with van der Waals surface area (Å²) in [5.41, 5.74) is 17.5. The van der Waals surface area contributed by atoms with Crippen LogP contribution in [0.4, 0.5) is 17.1 Å². The van der Waals surface area contributed by atoms with Crippen molar-refractivity contribution in [3.63, 3.8) is 0 Å². The summed E-state index contributed by atoms with van der Waals surface area (Å²) in [6.07, 6.45) is 0. The Labute approximate surface area is 369 Å². The molecule has 11 rings (SSSR count). The van der Waals surface area contributed by atoms with E-state index in [-0.39, 0.29) is 0 Å². The van der Waals surface area contributed by atoms with Crippen LogP contribution in [0.1, 0.15) is 0 Å². The molecule has 0 amide bonds. The van der Waals surface area contributed by atoms with Gasteiger partial charge in [-0.2, -0.15) is 0 Å². The monoisotopic (exact) mass is 801 g/mol. The van der Waals surface area contributed by atoms with Crippen LogP contribution >= 0.6 is 0 Å². The zero-order chi connectivity index (χ0) is 42.0. The molecule has 0 spiro atoms. The summed E-state index contributed by atoms with van der Waals surface area (Å²) in [6, 6.07) is 94.7. The van der Waals surface area contributed by atoms with Crippen LogP contribution in [0.2, 0.25) is 0 Å². The van der Waals surface area contributed by atoms with Crippen LogP contribution in [-0.2, 0) is 0 Å². The highest BCUT2D eigenvalue weighted by atomic mass is 15.1. The minimum Gasteiger partial charge on any atom is -0.310 e. The second kappa shape index (κ2) is 16.7. The first kappa shape index (κ1) is 37.7. The number of nitrogens with zero attached hydrogens (tertiary/aromatic N) is 1. The van der Waals surface area contributed by atoms with E-state index in [4.69, 9.17) is 0 Å². The average Bonchev–Trinajstić information content (AvgIpc) is 3.37. The van der Waals surface area contributed by atoms with Crippen molar-refractivity contribution in [1.29, 1.82) is 0 Å². The van der Waals surface area contributed by atoms with Gasteiger partial charge in [0.1, 0.15) is 0 Å². The Morgan fingerprint density at radius 3 is 1.30 bits per heavy atom. The Kier molecular flexibility index (Phi) is 9.97. The van der Waals surface area contributed by atoms with Gasteiger partial charge in [0, 0.05) is 16.9 Å². The number of benzene rings is 11. The fourth-order valence-electron chi connectivity index (χ4n) is 9.17. The molecule has 1 heteroatoms. The molecule has 11 aromatic carbocycles. The van der Waals surface area contributed by atoms with E-state index in [0.717, 1.165) is 17.1 Å². The predicted octanol–water partition coefficient (Wildman–Crippen LogP) is 17.5. The van der Waals surface area contributed by atoms with Crippen LogP contribution in [0.3, 0.4) is 0 Å². The third kappa shape index (κ3) is 7.37. The fraction of sp³-hybridized carbons (Fsp3) is 0. The lowest BCUT2D eigenvalue weighted by Gasteiger charge is -2.30. The molecule has 0 heterocycles. The van der Waals surface area contributed by atoms with Crippen molar-refractivity contribution >= 4 is 38.6 Å². The molecule has 0 unspecified atom stereocenters. The highest BCUT2D eigenvalue weighted by Crippen LogP contribution is 2.48. The number of anilines is 3. The maximum absolute atomic E-state index is 2.43. The van der Waals surface area contributed by atoms with Crippen LogP contribution in [0.25, 0.3) is 88.3 Å². The smallest absolute Gasteiger partial charge is 0.0546 e. The molecular weight excluding hydrogens is 759 g/mol. The SMILES string of the molecule is c1ccc(-c2cccc(-c3ccc(N(c4ccc(-c5ccc6c(ccc7ccccc76)c5)cc4)c4cccc(-c5ccccc5)c4-c4ccccc4-c4ccccc4)cc3)c2)cc1. The van der Waals surface area contributed by atoms with Gasteiger partial charge in [-0.05, 0) is 125 Å². The van der Waals surface area contributed by atoms with E-state index in [2.05, 4.69) is 266 Å². The second-order valence-corrected chi connectivity index (χ2v) is 16.1. The van der Waals surface area contributed by atoms with Crippen LogP contribution in [0.15, 0.2) is 261 Å². The largest absolute Gasteiger partial charge is 0.310 e. The summed E-state index contributed by atoms with van der Waals surface area (Å²) in [6.45, 7) is 0. The molecule has 0 saturated carbocycles. The lowest BCUT2D eigenvalue weighted by atomic mass is 9.87. The molecule has 0 fully saturated rings. The molecule has 0 bridgehead atoms. The number of fused-ring (bicyclic) bond motifs is 3. The molecule has 63 heavy (non-hydrogen) atoms. The Hall–Kier alpha value is -8.26. The van der Waals surface area contributed by atoms with Gasteiger partial charge in [0.05, 0.1) is 5.69 Å². The molecule has 0 atom stereocenters. The van der Waals surface area contributed by atoms with Crippen molar-refractivity contribution < 1.29 is 0 Å². The molecule has 0 aromatic heterocycles. The fourth-order valence-corrected chi connectivity index (χ4v) is 9.17. The molecule has 296 valence electrons. The normalized spacial score (nSPS) is 11.2. The number of hydrogen-bond donors (Lipinski definition) is 0. The van der Waals surface area contributed by atoms with Gasteiger partial charge < -0.3 is 4.90 Å². The lowest BCUT2D eigenvalue weighted by molar-refractivity contribution is 1.28. The molecule has 0 aliphatic heterocycles. The summed E-state index contributed by atoms with van der Waals surface area (Å²) in [5.74, 6) is 0. The Bertz CT molecular complexity index is 3350. The van der Waals surface area contributed by atoms with Crippen LogP contribution in [0.5, 0.6) is 0 Å². The average molecular weight is 802 g/mol. The zero-order valence-corrected chi connectivity index (χ0v) is 34.8. The molecule has 1 nitrogen and oxygen atoms in total. The van der Waals surface area contributed by atoms with E-state index in [0.29, 0.717) is 0 Å². The highest BCUT2D eigenvalue weighted by Gasteiger charge is 2.23. The maximum Gasteiger partial charge on any atom is 0.0546 e. The van der Waals surface area contributed by atoms with Gasteiger partial charge in [-0.1, -0.05) is 218 Å². The summed E-state index contributed by atoms with van der Waals surface area (Å²) < 4.78 is 0. The molecule has 11 aromatic rings. The lowest BCUT2D eigenvalue weighted by Crippen LogP contribution is -2.12. The summed E-state index contributed by atoms with van der Waals surface area (Å²) >= 11 is 0. The minimum absolute atomic E-state index is 1.08. The van der Waals surface area contributed by atoms with Gasteiger partial charge in [-0.3, -0.25) is 0 Å². The van der Waals surface area contributed by atoms with Crippen LogP contribution in [-0.4, -0.2) is 0 Å². The molecule has 0 N–H and O–H groups in total. The Morgan fingerprint density at radius 2 is 0.651 bits per heavy atom. The van der Waals surface area contributed by atoms with Gasteiger partial charge in [0.2, 0.25) is 0 Å². The molecule has 0 aliphatic rings. The summed E-state index contributed by atoms with van der Waals surface area (Å²) in [4.78, 5) is 2.43. The van der Waals surface area contributed by atoms with Gasteiger partial charge in [0.15, 0.2) is 0 Å². The second-order valence-electron chi connectivity index (χ2n) is 16.1. The van der Waals surface area contributed by atoms with Gasteiger partial charge in [0.25, 0.3) is 0 Å². The quantitative estimate of drug-likeness (QED) is 0.131. The summed E-state index contributed by atoms with van der Waals surface area (Å²) in [5, 5.41) is 5.06. The topological polar surface area (TPSA) is 3.24 Å². The standard InChI is InChI=1S/C62H43N/c1-4-16-44(17-5-1)50-23-14-24-51(42-50)45-32-37-54(38-33-45)63(55-39-34-46(35-40-55)52-36-41-58-53(43-52)31-30-49-22-10-11-25-56(49)58)61-29-15-28-59(48-20-8-3-9-21-48)62(61)60-27-13-12-26-57(60)47-18-6-2-7-19-47/h1-43H. The summed E-state index contributed by atoms with van der Waals surface area (Å²) in [7, 11) is 0. The highest BCUT2D eigenvalue weighted by molar-refractivity contribution is 6.08. The van der Waals surface area contributed by atoms with Crippen molar-refractivity contribution in [3.05, 3.63) is 261 Å². The van der Waals surface area contributed by atoms with Gasteiger partial charge >= 0.3 is 0 Å². The molecule has 0 saturated heterocycles. The van der Waals surface area contributed by atoms with Crippen LogP contribution in [0, 0.1) is 0 Å². The van der Waals surface area contributed by atoms with E-state index in [1.165, 1.54) is 88.3 Å². The maximum atomic E-state index is 2.43. The predicted molar refractivity (Wildman–Crippen MR) is 269 cm³/mol. The first-order valence-electron chi connectivity index (χ1n) is 21.7. The van der Waals surface area contributed by atoms with Crippen molar-refractivity contribution in [1.82, 2.24) is 0 Å². The molecule has 0 aliphatic carbocycles. The molecular formula is C62H43N. The van der Waals surface area contributed by atoms with Crippen molar-refractivity contribution in [2.24, 2.45) is 0 Å². The van der Waals surface area contributed by atoms with E-state index in [1.807, 2.05) is 0 Å². The Balaban J connectivity index is 1.08. The van der Waals surface area contributed by atoms with E-state index < -0.39 is 0 Å². The first-order valence-corrected chi connectivity index (χ1v) is 21.7. The van der Waals surface area contributed by atoms with E-state index in [9.17, 15) is 0 Å². The third-order valence-corrected chi connectivity index (χ3v) is 12.3. The van der Waals surface area contributed by atoms with E-state index >= 15 is 0 Å². The number of hydrogen-bond acceptors (Lipinski definition) is 1. The van der Waals surface area contributed by atoms with Gasteiger partial charge in [-0.15, -0.1) is 0 Å². The minimum atomic E-state index is 1.08. The zero-order valence-electron chi connectivity index (χ0n) is 34.8. The third-order valence-electron chi connectivity index (χ3n) is 12.3. The van der Waals surface area contributed by atoms with Crippen molar-refractivity contribution in [2.45, 2.75) is 0 Å². The molecule has 0 radical (unpaired) electrons. The van der Waals surface area contributed by atoms with Gasteiger partial charge in [-0.25, -0.2) is 0 Å². The first-order chi connectivity index (χ1) is 31.2. The number of rotatable bonds is 9. The van der Waals surface area contributed by atoms with E-state index in [1.54, 1.807) is 0 Å². The Morgan fingerprint density at radius 1 is 0.222 bits per heavy atom. The van der Waals surface area contributed by atoms with Crippen molar-refractivity contribution in [2.75, 3.05) is 4.90 Å².